The van der Waals surface area contributed by atoms with Gasteiger partial charge in [-0.1, -0.05) is 18.2 Å². The molecule has 3 heterocycles. The smallest absolute Gasteiger partial charge is 0.0267 e. The van der Waals surface area contributed by atoms with Crippen molar-refractivity contribution in [2.75, 3.05) is 0 Å². The van der Waals surface area contributed by atoms with Gasteiger partial charge in [0.05, 0.1) is 0 Å². The van der Waals surface area contributed by atoms with Gasteiger partial charge in [0, 0.05) is 56.7 Å². The number of pyridine rings is 3. The van der Waals surface area contributed by atoms with Crippen LogP contribution in [-0.2, 0) is 19.5 Å². The van der Waals surface area contributed by atoms with Gasteiger partial charge in [0.25, 0.3) is 0 Å². The van der Waals surface area contributed by atoms with Crippen molar-refractivity contribution in [1.29, 1.82) is 0 Å². The van der Waals surface area contributed by atoms with Crippen molar-refractivity contribution in [2.24, 2.45) is 0 Å². The molecule has 0 fully saturated rings. The quantitative estimate of drug-likeness (QED) is 0.323. The Bertz CT molecular complexity index is 321. The summed E-state index contributed by atoms with van der Waals surface area (Å²) >= 11 is 0. The number of halogens is 3. The number of hydrogen-bond acceptors (Lipinski definition) is 3. The van der Waals surface area contributed by atoms with Crippen LogP contribution < -0.4 is 37.2 Å². The SMILES string of the molecule is [Cl-].[Cl-].[Cl-].[Rh].c1ccncc1.c1ccncc1.c1ccncc1. The molecule has 0 N–H and O–H groups in total. The molecule has 3 aromatic heterocycles. The van der Waals surface area contributed by atoms with E-state index in [4.69, 9.17) is 0 Å². The first kappa shape index (κ1) is 29.0. The maximum Gasteiger partial charge on any atom is 0.0267 e. The number of nitrogens with zero attached hydrogens (tertiary/aromatic N) is 3. The van der Waals surface area contributed by atoms with Crippen molar-refractivity contribution in [3.8, 4) is 0 Å². The van der Waals surface area contributed by atoms with Gasteiger partial charge in [0.15, 0.2) is 0 Å². The maximum absolute atomic E-state index is 3.78. The molecule has 0 unspecified atom stereocenters. The van der Waals surface area contributed by atoms with E-state index in [-0.39, 0.29) is 56.7 Å². The second kappa shape index (κ2) is 24.9. The van der Waals surface area contributed by atoms with Crippen LogP contribution >= 0.6 is 0 Å². The second-order valence-electron chi connectivity index (χ2n) is 3.07. The van der Waals surface area contributed by atoms with Gasteiger partial charge < -0.3 is 37.2 Å². The largest absolute Gasteiger partial charge is 1.00 e. The summed E-state index contributed by atoms with van der Waals surface area (Å²) in [6, 6.07) is 17.1. The summed E-state index contributed by atoms with van der Waals surface area (Å²) < 4.78 is 0. The molecular weight excluding hydrogens is 431 g/mol. The van der Waals surface area contributed by atoms with Gasteiger partial charge in [-0.15, -0.1) is 0 Å². The summed E-state index contributed by atoms with van der Waals surface area (Å²) in [5, 5.41) is 0. The minimum absolute atomic E-state index is 0. The third-order valence-electron chi connectivity index (χ3n) is 1.70. The molecule has 0 saturated heterocycles. The van der Waals surface area contributed by atoms with Crippen LogP contribution in [0, 0.1) is 0 Å². The summed E-state index contributed by atoms with van der Waals surface area (Å²) in [6.07, 6.45) is 10.5. The first-order chi connectivity index (χ1) is 9.00. The Morgan fingerprint density at radius 3 is 0.545 bits per heavy atom. The van der Waals surface area contributed by atoms with Gasteiger partial charge in [-0.2, -0.15) is 0 Å². The predicted molar refractivity (Wildman–Crippen MR) is 72.7 cm³/mol. The van der Waals surface area contributed by atoms with Gasteiger partial charge in [0.1, 0.15) is 0 Å². The van der Waals surface area contributed by atoms with E-state index in [9.17, 15) is 0 Å². The van der Waals surface area contributed by atoms with Crippen molar-refractivity contribution < 1.29 is 56.7 Å². The molecule has 1 radical (unpaired) electrons. The molecule has 22 heavy (non-hydrogen) atoms. The number of aromatic nitrogens is 3. The zero-order chi connectivity index (χ0) is 12.7. The number of hydrogen-bond donors (Lipinski definition) is 0. The van der Waals surface area contributed by atoms with Crippen LogP contribution in [0.15, 0.2) is 91.8 Å². The molecule has 0 amide bonds. The Labute approximate surface area is 163 Å². The first-order valence-electron chi connectivity index (χ1n) is 5.55. The molecular formula is C15H15Cl3N3Rh-3. The molecule has 0 spiro atoms. The Morgan fingerprint density at radius 2 is 0.500 bits per heavy atom. The van der Waals surface area contributed by atoms with Crippen molar-refractivity contribution in [2.45, 2.75) is 0 Å². The molecule has 3 rings (SSSR count). The summed E-state index contributed by atoms with van der Waals surface area (Å²) in [7, 11) is 0. The van der Waals surface area contributed by atoms with Gasteiger partial charge in [-0.25, -0.2) is 0 Å². The van der Waals surface area contributed by atoms with Crippen LogP contribution in [0.1, 0.15) is 0 Å². The fourth-order valence-electron chi connectivity index (χ4n) is 0.938. The molecule has 0 aliphatic heterocycles. The topological polar surface area (TPSA) is 38.7 Å². The fraction of sp³-hybridized carbons (Fsp3) is 0. The average Bonchev–Trinajstić information content (AvgIpc) is 2.54. The zero-order valence-electron chi connectivity index (χ0n) is 11.5. The molecule has 3 nitrogen and oxygen atoms in total. The minimum atomic E-state index is 0. The van der Waals surface area contributed by atoms with E-state index in [0.29, 0.717) is 0 Å². The van der Waals surface area contributed by atoms with Gasteiger partial charge in [-0.05, 0) is 36.4 Å². The van der Waals surface area contributed by atoms with E-state index in [2.05, 4.69) is 15.0 Å². The zero-order valence-corrected chi connectivity index (χ0v) is 15.4. The van der Waals surface area contributed by atoms with Crippen LogP contribution in [0.4, 0.5) is 0 Å². The molecule has 0 saturated carbocycles. The molecule has 0 bridgehead atoms. The van der Waals surface area contributed by atoms with Gasteiger partial charge >= 0.3 is 0 Å². The van der Waals surface area contributed by atoms with Crippen molar-refractivity contribution >= 4 is 0 Å². The summed E-state index contributed by atoms with van der Waals surface area (Å²) in [5.74, 6) is 0. The monoisotopic (exact) mass is 445 g/mol. The Balaban J connectivity index is -0.000000101. The predicted octanol–water partition coefficient (Wildman–Crippen LogP) is -5.75. The van der Waals surface area contributed by atoms with Crippen molar-refractivity contribution in [1.82, 2.24) is 15.0 Å². The van der Waals surface area contributed by atoms with E-state index in [1.54, 1.807) is 37.2 Å². The Kier molecular flexibility index (Phi) is 32.9. The molecule has 0 aliphatic carbocycles. The van der Waals surface area contributed by atoms with E-state index in [1.807, 2.05) is 54.6 Å². The van der Waals surface area contributed by atoms with Crippen molar-refractivity contribution in [3.63, 3.8) is 0 Å². The summed E-state index contributed by atoms with van der Waals surface area (Å²) in [5.41, 5.74) is 0. The Hall–Kier alpha value is -1.06. The van der Waals surface area contributed by atoms with E-state index in [1.165, 1.54) is 0 Å². The third kappa shape index (κ3) is 21.2. The molecule has 0 atom stereocenters. The van der Waals surface area contributed by atoms with Crippen LogP contribution in [-0.4, -0.2) is 15.0 Å². The molecule has 123 valence electrons. The normalized spacial score (nSPS) is 6.55. The van der Waals surface area contributed by atoms with Crippen LogP contribution in [0.5, 0.6) is 0 Å². The van der Waals surface area contributed by atoms with Crippen LogP contribution in [0.25, 0.3) is 0 Å². The van der Waals surface area contributed by atoms with E-state index in [0.717, 1.165) is 0 Å². The fourth-order valence-corrected chi connectivity index (χ4v) is 0.938. The van der Waals surface area contributed by atoms with Gasteiger partial charge in [-0.3, -0.25) is 15.0 Å². The van der Waals surface area contributed by atoms with Crippen LogP contribution in [0.2, 0.25) is 0 Å². The summed E-state index contributed by atoms with van der Waals surface area (Å²) in [4.78, 5) is 11.4. The first-order valence-corrected chi connectivity index (χ1v) is 5.55. The molecule has 7 heteroatoms. The Morgan fingerprint density at radius 1 is 0.318 bits per heavy atom. The standard InChI is InChI=1S/3C5H5N.3ClH.Rh/c3*1-2-4-6-5-3-1;;;;/h3*1-5H;3*1H;/p-3. The maximum atomic E-state index is 3.78. The van der Waals surface area contributed by atoms with E-state index >= 15 is 0 Å². The summed E-state index contributed by atoms with van der Waals surface area (Å²) in [6.45, 7) is 0. The van der Waals surface area contributed by atoms with E-state index < -0.39 is 0 Å². The van der Waals surface area contributed by atoms with Crippen molar-refractivity contribution in [3.05, 3.63) is 91.8 Å². The number of rotatable bonds is 0. The second-order valence-corrected chi connectivity index (χ2v) is 3.07. The van der Waals surface area contributed by atoms with Gasteiger partial charge in [0.2, 0.25) is 0 Å². The molecule has 0 aromatic carbocycles. The minimum Gasteiger partial charge on any atom is -1.00 e. The average molecular weight is 447 g/mol. The molecule has 0 aliphatic rings. The molecule has 3 aromatic rings. The van der Waals surface area contributed by atoms with Crippen LogP contribution in [0.3, 0.4) is 0 Å². The third-order valence-corrected chi connectivity index (χ3v) is 1.70.